The van der Waals surface area contributed by atoms with Crippen LogP contribution >= 0.6 is 27.7 Å². The maximum absolute atomic E-state index is 10.8. The number of halogens is 1. The van der Waals surface area contributed by atoms with Crippen LogP contribution in [0, 0.1) is 0 Å². The van der Waals surface area contributed by atoms with Gasteiger partial charge in [0.2, 0.25) is 0 Å². The lowest BCUT2D eigenvalue weighted by Crippen LogP contribution is -2.01. The van der Waals surface area contributed by atoms with Crippen LogP contribution in [0.25, 0.3) is 0 Å². The largest absolute Gasteiger partial charge is 0.477 e. The average Bonchev–Trinajstić information content (AvgIpc) is 2.38. The minimum absolute atomic E-state index is 0.0835. The molecule has 0 unspecified atom stereocenters. The Labute approximate surface area is 117 Å². The molecule has 0 radical (unpaired) electrons. The summed E-state index contributed by atoms with van der Waals surface area (Å²) in [5, 5.41) is 8.86. The van der Waals surface area contributed by atoms with Gasteiger partial charge in [-0.3, -0.25) is 0 Å². The van der Waals surface area contributed by atoms with Gasteiger partial charge >= 0.3 is 5.97 Å². The zero-order valence-corrected chi connectivity index (χ0v) is 11.7. The fourth-order valence-corrected chi connectivity index (χ4v) is 2.87. The maximum atomic E-state index is 10.8. The van der Waals surface area contributed by atoms with Crippen LogP contribution in [0.3, 0.4) is 0 Å². The predicted molar refractivity (Wildman–Crippen MR) is 74.9 cm³/mol. The number of thioether (sulfide) groups is 1. The van der Waals surface area contributed by atoms with E-state index >= 15 is 0 Å². The Morgan fingerprint density at radius 2 is 2.00 bits per heavy atom. The molecular weight excluding hydrogens is 314 g/mol. The zero-order chi connectivity index (χ0) is 13.0. The Kier molecular flexibility index (Phi) is 4.38. The molecule has 1 aromatic heterocycles. The molecule has 0 saturated carbocycles. The van der Waals surface area contributed by atoms with E-state index in [9.17, 15) is 4.79 Å². The SMILES string of the molecule is O=C(O)c1cccc(CSc2ccccc2Br)n1. The number of aromatic carboxylic acids is 1. The van der Waals surface area contributed by atoms with Crippen LogP contribution in [-0.4, -0.2) is 16.1 Å². The molecule has 0 aliphatic rings. The normalized spacial score (nSPS) is 10.3. The Balaban J connectivity index is 2.09. The first-order valence-electron chi connectivity index (χ1n) is 5.23. The summed E-state index contributed by atoms with van der Waals surface area (Å²) in [4.78, 5) is 16.0. The Morgan fingerprint density at radius 1 is 1.22 bits per heavy atom. The van der Waals surface area contributed by atoms with Crippen molar-refractivity contribution in [3.8, 4) is 0 Å². The number of aromatic nitrogens is 1. The summed E-state index contributed by atoms with van der Waals surface area (Å²) in [7, 11) is 0. The molecule has 0 aliphatic heterocycles. The molecule has 0 saturated heterocycles. The van der Waals surface area contributed by atoms with Gasteiger partial charge in [0.1, 0.15) is 5.69 Å². The summed E-state index contributed by atoms with van der Waals surface area (Å²) in [5.41, 5.74) is 0.843. The van der Waals surface area contributed by atoms with Gasteiger partial charge in [0, 0.05) is 15.1 Å². The van der Waals surface area contributed by atoms with Gasteiger partial charge in [0.25, 0.3) is 0 Å². The number of nitrogens with zero attached hydrogens (tertiary/aromatic N) is 1. The van der Waals surface area contributed by atoms with Crippen molar-refractivity contribution >= 4 is 33.7 Å². The molecular formula is C13H10BrNO2S. The summed E-state index contributed by atoms with van der Waals surface area (Å²) in [5.74, 6) is -0.355. The lowest BCUT2D eigenvalue weighted by molar-refractivity contribution is 0.0690. The lowest BCUT2D eigenvalue weighted by atomic mass is 10.3. The summed E-state index contributed by atoms with van der Waals surface area (Å²) in [6.07, 6.45) is 0. The van der Waals surface area contributed by atoms with Crippen LogP contribution in [0.2, 0.25) is 0 Å². The van der Waals surface area contributed by atoms with Gasteiger partial charge in [0.05, 0.1) is 5.69 Å². The zero-order valence-electron chi connectivity index (χ0n) is 9.34. The summed E-state index contributed by atoms with van der Waals surface area (Å²) in [6.45, 7) is 0. The second-order valence-electron chi connectivity index (χ2n) is 3.54. The number of hydrogen-bond donors (Lipinski definition) is 1. The molecule has 3 nitrogen and oxygen atoms in total. The molecule has 1 aromatic carbocycles. The van der Waals surface area contributed by atoms with Gasteiger partial charge in [-0.2, -0.15) is 0 Å². The van der Waals surface area contributed by atoms with Crippen LogP contribution in [0.4, 0.5) is 0 Å². The van der Waals surface area contributed by atoms with Crippen molar-refractivity contribution in [3.05, 3.63) is 58.3 Å². The predicted octanol–water partition coefficient (Wildman–Crippen LogP) is 3.83. The molecule has 0 bridgehead atoms. The van der Waals surface area contributed by atoms with E-state index in [2.05, 4.69) is 20.9 Å². The second kappa shape index (κ2) is 6.02. The first kappa shape index (κ1) is 13.1. The van der Waals surface area contributed by atoms with E-state index in [1.807, 2.05) is 30.3 Å². The number of rotatable bonds is 4. The van der Waals surface area contributed by atoms with Crippen molar-refractivity contribution in [2.24, 2.45) is 0 Å². The average molecular weight is 324 g/mol. The van der Waals surface area contributed by atoms with E-state index in [-0.39, 0.29) is 5.69 Å². The number of pyridine rings is 1. The highest BCUT2D eigenvalue weighted by molar-refractivity contribution is 9.10. The summed E-state index contributed by atoms with van der Waals surface area (Å²) < 4.78 is 1.03. The van der Waals surface area contributed by atoms with Crippen LogP contribution < -0.4 is 0 Å². The highest BCUT2D eigenvalue weighted by Gasteiger charge is 2.06. The van der Waals surface area contributed by atoms with Crippen molar-refractivity contribution in [2.75, 3.05) is 0 Å². The number of carboxylic acids is 1. The van der Waals surface area contributed by atoms with Gasteiger partial charge in [0.15, 0.2) is 0 Å². The molecule has 18 heavy (non-hydrogen) atoms. The quantitative estimate of drug-likeness (QED) is 0.868. The van der Waals surface area contributed by atoms with Crippen molar-refractivity contribution in [3.63, 3.8) is 0 Å². The molecule has 1 heterocycles. The van der Waals surface area contributed by atoms with E-state index in [4.69, 9.17) is 5.11 Å². The van der Waals surface area contributed by atoms with E-state index in [1.165, 1.54) is 6.07 Å². The molecule has 0 atom stereocenters. The fraction of sp³-hybridized carbons (Fsp3) is 0.0769. The van der Waals surface area contributed by atoms with E-state index in [1.54, 1.807) is 17.8 Å². The van der Waals surface area contributed by atoms with Crippen LogP contribution in [0.1, 0.15) is 16.2 Å². The second-order valence-corrected chi connectivity index (χ2v) is 5.41. The van der Waals surface area contributed by atoms with Crippen molar-refractivity contribution < 1.29 is 9.90 Å². The number of hydrogen-bond acceptors (Lipinski definition) is 3. The fourth-order valence-electron chi connectivity index (χ4n) is 1.39. The molecule has 2 rings (SSSR count). The Bertz CT molecular complexity index is 574. The van der Waals surface area contributed by atoms with Crippen LogP contribution in [0.15, 0.2) is 51.8 Å². The first-order valence-corrected chi connectivity index (χ1v) is 7.01. The van der Waals surface area contributed by atoms with Gasteiger partial charge < -0.3 is 5.11 Å². The lowest BCUT2D eigenvalue weighted by Gasteiger charge is -2.04. The van der Waals surface area contributed by atoms with Gasteiger partial charge in [-0.15, -0.1) is 11.8 Å². The standard InChI is InChI=1S/C13H10BrNO2S/c14-10-5-1-2-7-12(10)18-8-9-4-3-6-11(15-9)13(16)17/h1-7H,8H2,(H,16,17). The minimum atomic E-state index is -0.997. The van der Waals surface area contributed by atoms with E-state index in [0.29, 0.717) is 5.75 Å². The monoisotopic (exact) mass is 323 g/mol. The van der Waals surface area contributed by atoms with Crippen molar-refractivity contribution in [1.82, 2.24) is 4.98 Å². The van der Waals surface area contributed by atoms with Crippen LogP contribution in [-0.2, 0) is 5.75 Å². The molecule has 5 heteroatoms. The topological polar surface area (TPSA) is 50.2 Å². The minimum Gasteiger partial charge on any atom is -0.477 e. The number of carbonyl (C=O) groups is 1. The molecule has 1 N–H and O–H groups in total. The maximum Gasteiger partial charge on any atom is 0.354 e. The highest BCUT2D eigenvalue weighted by Crippen LogP contribution is 2.29. The molecule has 2 aromatic rings. The Morgan fingerprint density at radius 3 is 2.72 bits per heavy atom. The molecule has 0 aliphatic carbocycles. The van der Waals surface area contributed by atoms with Gasteiger partial charge in [-0.05, 0) is 40.2 Å². The molecule has 92 valence electrons. The molecule has 0 fully saturated rings. The third-order valence-electron chi connectivity index (χ3n) is 2.24. The third-order valence-corrected chi connectivity index (χ3v) is 4.30. The van der Waals surface area contributed by atoms with Crippen LogP contribution in [0.5, 0.6) is 0 Å². The summed E-state index contributed by atoms with van der Waals surface area (Å²) >= 11 is 5.09. The summed E-state index contributed by atoms with van der Waals surface area (Å²) in [6, 6.07) is 12.9. The van der Waals surface area contributed by atoms with E-state index in [0.717, 1.165) is 15.1 Å². The van der Waals surface area contributed by atoms with Crippen molar-refractivity contribution in [1.29, 1.82) is 0 Å². The molecule has 0 amide bonds. The molecule has 0 spiro atoms. The Hall–Kier alpha value is -1.33. The first-order chi connectivity index (χ1) is 8.66. The van der Waals surface area contributed by atoms with Gasteiger partial charge in [-0.1, -0.05) is 18.2 Å². The number of carboxylic acid groups (broad SMARTS) is 1. The highest BCUT2D eigenvalue weighted by atomic mass is 79.9. The smallest absolute Gasteiger partial charge is 0.354 e. The van der Waals surface area contributed by atoms with Crippen molar-refractivity contribution in [2.45, 2.75) is 10.6 Å². The van der Waals surface area contributed by atoms with E-state index < -0.39 is 5.97 Å². The van der Waals surface area contributed by atoms with Gasteiger partial charge in [-0.25, -0.2) is 9.78 Å². The third kappa shape index (κ3) is 3.34. The number of benzene rings is 1.